The smallest absolute Gasteiger partial charge is 0.246 e. The zero-order valence-electron chi connectivity index (χ0n) is 7.89. The number of nitrogens with two attached hydrogens (primary N) is 1. The van der Waals surface area contributed by atoms with Crippen molar-refractivity contribution in [2.75, 3.05) is 6.54 Å². The number of nitrogens with one attached hydrogen (secondary N) is 1. The Morgan fingerprint density at radius 1 is 1.42 bits per heavy atom. The molecule has 70 valence electrons. The molecule has 0 aliphatic rings. The Bertz CT molecular complexity index is 164. The van der Waals surface area contributed by atoms with E-state index in [-0.39, 0.29) is 5.91 Å². The standard InChI is InChI=1S/C9H18N2O/c1-3-5-8(9(10)12)7-11-6-4-2/h7,11H,3-6H2,1-2H3,(H2,10,12). The molecule has 0 fully saturated rings. The maximum atomic E-state index is 10.8. The molecular formula is C9H18N2O. The molecule has 0 aromatic rings. The second kappa shape index (κ2) is 6.70. The molecule has 0 rings (SSSR count). The Kier molecular flexibility index (Phi) is 6.15. The molecule has 0 saturated carbocycles. The second-order valence-corrected chi connectivity index (χ2v) is 2.74. The lowest BCUT2D eigenvalue weighted by Gasteiger charge is -2.02. The topological polar surface area (TPSA) is 55.1 Å². The van der Waals surface area contributed by atoms with Crippen LogP contribution in [-0.4, -0.2) is 12.5 Å². The van der Waals surface area contributed by atoms with Gasteiger partial charge in [-0.25, -0.2) is 0 Å². The van der Waals surface area contributed by atoms with Gasteiger partial charge in [-0.1, -0.05) is 20.3 Å². The predicted molar refractivity (Wildman–Crippen MR) is 50.5 cm³/mol. The zero-order chi connectivity index (χ0) is 9.40. The molecule has 3 N–H and O–H groups in total. The fourth-order valence-corrected chi connectivity index (χ4v) is 0.876. The van der Waals surface area contributed by atoms with Gasteiger partial charge in [0.1, 0.15) is 0 Å². The predicted octanol–water partition coefficient (Wildman–Crippen LogP) is 1.16. The van der Waals surface area contributed by atoms with Gasteiger partial charge in [-0.15, -0.1) is 0 Å². The van der Waals surface area contributed by atoms with Crippen molar-refractivity contribution >= 4 is 5.91 Å². The summed E-state index contributed by atoms with van der Waals surface area (Å²) in [5.41, 5.74) is 5.84. The Morgan fingerprint density at radius 2 is 2.08 bits per heavy atom. The van der Waals surface area contributed by atoms with Gasteiger partial charge in [-0.2, -0.15) is 0 Å². The van der Waals surface area contributed by atoms with Crippen molar-refractivity contribution in [3.63, 3.8) is 0 Å². The molecule has 0 aromatic carbocycles. The van der Waals surface area contributed by atoms with Crippen LogP contribution in [0, 0.1) is 0 Å². The first-order chi connectivity index (χ1) is 5.72. The van der Waals surface area contributed by atoms with Crippen LogP contribution in [0.25, 0.3) is 0 Å². The van der Waals surface area contributed by atoms with Gasteiger partial charge in [0, 0.05) is 18.3 Å². The van der Waals surface area contributed by atoms with Crippen LogP contribution in [0.3, 0.4) is 0 Å². The zero-order valence-corrected chi connectivity index (χ0v) is 7.89. The number of carbonyl (C=O) groups is 1. The van der Waals surface area contributed by atoms with Crippen molar-refractivity contribution in [3.05, 3.63) is 11.8 Å². The third-order valence-corrected chi connectivity index (χ3v) is 1.51. The highest BCUT2D eigenvalue weighted by Gasteiger charge is 2.01. The Labute approximate surface area is 74.0 Å². The molecule has 3 heteroatoms. The van der Waals surface area contributed by atoms with E-state index in [1.807, 2.05) is 6.92 Å². The molecule has 0 spiro atoms. The van der Waals surface area contributed by atoms with Crippen molar-refractivity contribution in [1.82, 2.24) is 5.32 Å². The minimum Gasteiger partial charge on any atom is -0.391 e. The molecule has 0 heterocycles. The normalized spacial score (nSPS) is 11.3. The average molecular weight is 170 g/mol. The quantitative estimate of drug-likeness (QED) is 0.464. The van der Waals surface area contributed by atoms with E-state index >= 15 is 0 Å². The van der Waals surface area contributed by atoms with E-state index < -0.39 is 0 Å². The molecule has 12 heavy (non-hydrogen) atoms. The highest BCUT2D eigenvalue weighted by atomic mass is 16.1. The molecule has 0 atom stereocenters. The van der Waals surface area contributed by atoms with Crippen LogP contribution in [0.1, 0.15) is 33.1 Å². The minimum absolute atomic E-state index is 0.319. The van der Waals surface area contributed by atoms with Gasteiger partial charge < -0.3 is 11.1 Å². The maximum absolute atomic E-state index is 10.8. The number of carbonyl (C=O) groups excluding carboxylic acids is 1. The first-order valence-corrected chi connectivity index (χ1v) is 4.44. The lowest BCUT2D eigenvalue weighted by Crippen LogP contribution is -2.17. The van der Waals surface area contributed by atoms with Crippen LogP contribution < -0.4 is 11.1 Å². The van der Waals surface area contributed by atoms with Gasteiger partial charge in [0.25, 0.3) is 0 Å². The molecule has 0 unspecified atom stereocenters. The monoisotopic (exact) mass is 170 g/mol. The largest absolute Gasteiger partial charge is 0.391 e. The van der Waals surface area contributed by atoms with E-state index in [9.17, 15) is 4.79 Å². The number of primary amides is 1. The molecule has 0 bridgehead atoms. The van der Waals surface area contributed by atoms with Gasteiger partial charge in [0.15, 0.2) is 0 Å². The van der Waals surface area contributed by atoms with Crippen LogP contribution in [0.2, 0.25) is 0 Å². The van der Waals surface area contributed by atoms with Crippen molar-refractivity contribution < 1.29 is 4.79 Å². The molecule has 0 radical (unpaired) electrons. The van der Waals surface area contributed by atoms with E-state index in [2.05, 4.69) is 12.2 Å². The van der Waals surface area contributed by atoms with E-state index in [1.54, 1.807) is 6.20 Å². The highest BCUT2D eigenvalue weighted by molar-refractivity contribution is 5.91. The van der Waals surface area contributed by atoms with Crippen LogP contribution in [0.4, 0.5) is 0 Å². The number of hydrogen-bond acceptors (Lipinski definition) is 2. The first-order valence-electron chi connectivity index (χ1n) is 4.44. The summed E-state index contributed by atoms with van der Waals surface area (Å²) in [6.07, 6.45) is 4.48. The molecule has 0 saturated heterocycles. The third-order valence-electron chi connectivity index (χ3n) is 1.51. The second-order valence-electron chi connectivity index (χ2n) is 2.74. The summed E-state index contributed by atoms with van der Waals surface area (Å²) >= 11 is 0. The number of hydrogen-bond donors (Lipinski definition) is 2. The van der Waals surface area contributed by atoms with E-state index in [1.165, 1.54) is 0 Å². The summed E-state index contributed by atoms with van der Waals surface area (Å²) in [4.78, 5) is 10.8. The third kappa shape index (κ3) is 4.77. The molecule has 0 aliphatic carbocycles. The average Bonchev–Trinajstić information content (AvgIpc) is 2.03. The minimum atomic E-state index is -0.319. The maximum Gasteiger partial charge on any atom is 0.246 e. The Morgan fingerprint density at radius 3 is 2.50 bits per heavy atom. The summed E-state index contributed by atoms with van der Waals surface area (Å²) in [6.45, 7) is 4.99. The summed E-state index contributed by atoms with van der Waals surface area (Å²) in [6, 6.07) is 0. The summed E-state index contributed by atoms with van der Waals surface area (Å²) < 4.78 is 0. The number of rotatable bonds is 6. The fraction of sp³-hybridized carbons (Fsp3) is 0.667. The summed E-state index contributed by atoms with van der Waals surface area (Å²) in [7, 11) is 0. The molecule has 3 nitrogen and oxygen atoms in total. The van der Waals surface area contributed by atoms with Gasteiger partial charge in [-0.3, -0.25) is 4.79 Å². The first kappa shape index (κ1) is 11.0. The summed E-state index contributed by atoms with van der Waals surface area (Å²) in [5.74, 6) is -0.319. The van der Waals surface area contributed by atoms with Crippen molar-refractivity contribution in [2.24, 2.45) is 5.73 Å². The van der Waals surface area contributed by atoms with Gasteiger partial charge in [0.05, 0.1) is 0 Å². The lowest BCUT2D eigenvalue weighted by atomic mass is 10.1. The lowest BCUT2D eigenvalue weighted by molar-refractivity contribution is -0.114. The van der Waals surface area contributed by atoms with Gasteiger partial charge >= 0.3 is 0 Å². The van der Waals surface area contributed by atoms with Crippen LogP contribution in [-0.2, 0) is 4.79 Å². The Balaban J connectivity index is 3.90. The fourth-order valence-electron chi connectivity index (χ4n) is 0.876. The van der Waals surface area contributed by atoms with Crippen molar-refractivity contribution in [3.8, 4) is 0 Å². The van der Waals surface area contributed by atoms with E-state index in [0.29, 0.717) is 5.57 Å². The SMILES string of the molecule is CCCNC=C(CCC)C(N)=O. The number of amides is 1. The molecular weight excluding hydrogens is 152 g/mol. The van der Waals surface area contributed by atoms with Gasteiger partial charge in [0.2, 0.25) is 5.91 Å². The molecule has 0 aromatic heterocycles. The Hall–Kier alpha value is -0.990. The van der Waals surface area contributed by atoms with E-state index in [0.717, 1.165) is 25.8 Å². The van der Waals surface area contributed by atoms with E-state index in [4.69, 9.17) is 5.73 Å². The van der Waals surface area contributed by atoms with Crippen molar-refractivity contribution in [2.45, 2.75) is 33.1 Å². The van der Waals surface area contributed by atoms with Crippen LogP contribution >= 0.6 is 0 Å². The molecule has 0 aliphatic heterocycles. The van der Waals surface area contributed by atoms with Gasteiger partial charge in [-0.05, 0) is 12.8 Å². The van der Waals surface area contributed by atoms with Crippen molar-refractivity contribution in [1.29, 1.82) is 0 Å². The summed E-state index contributed by atoms with van der Waals surface area (Å²) in [5, 5.41) is 3.04. The molecule has 1 amide bonds. The highest BCUT2D eigenvalue weighted by Crippen LogP contribution is 2.01. The van der Waals surface area contributed by atoms with Crippen LogP contribution in [0.15, 0.2) is 11.8 Å². The van der Waals surface area contributed by atoms with Crippen LogP contribution in [0.5, 0.6) is 0 Å².